The van der Waals surface area contributed by atoms with Crippen LogP contribution in [0.4, 0.5) is 0 Å². The number of hydrogen-bond acceptors (Lipinski definition) is 5. The monoisotopic (exact) mass is 443 g/mol. The first-order valence-corrected chi connectivity index (χ1v) is 11.3. The van der Waals surface area contributed by atoms with Gasteiger partial charge in [-0.05, 0) is 42.0 Å². The Kier molecular flexibility index (Phi) is 6.28. The Hall–Kier alpha value is -3.35. The zero-order chi connectivity index (χ0) is 22.6. The molecule has 2 aromatic heterocycles. The summed E-state index contributed by atoms with van der Waals surface area (Å²) in [7, 11) is 3.39. The number of hydrogen-bond donors (Lipinski definition) is 1. The van der Waals surface area contributed by atoms with Gasteiger partial charge in [-0.15, -0.1) is 0 Å². The summed E-state index contributed by atoms with van der Waals surface area (Å²) in [6.45, 7) is 4.57. The number of pyridine rings is 1. The molecule has 0 amide bonds. The van der Waals surface area contributed by atoms with Gasteiger partial charge in [-0.3, -0.25) is 9.88 Å². The number of methoxy groups -OCH3 is 2. The molecule has 1 saturated heterocycles. The van der Waals surface area contributed by atoms with Crippen LogP contribution in [-0.2, 0) is 11.2 Å². The number of nitrogens with one attached hydrogen (secondary N) is 1. The highest BCUT2D eigenvalue weighted by Gasteiger charge is 2.17. The van der Waals surface area contributed by atoms with Crippen LogP contribution in [-0.4, -0.2) is 61.9 Å². The van der Waals surface area contributed by atoms with Crippen LogP contribution in [0, 0.1) is 0 Å². The third-order valence-electron chi connectivity index (χ3n) is 6.30. The van der Waals surface area contributed by atoms with Crippen LogP contribution in [0.3, 0.4) is 0 Å². The van der Waals surface area contributed by atoms with E-state index in [2.05, 4.69) is 39.1 Å². The third-order valence-corrected chi connectivity index (χ3v) is 6.30. The second-order valence-corrected chi connectivity index (χ2v) is 8.29. The van der Waals surface area contributed by atoms with Gasteiger partial charge in [0, 0.05) is 71.7 Å². The SMILES string of the molecule is COc1cccc(-c2cncc(-c3c(CCN4CCOCC4)[nH]c4ccc(OC)cc34)c2)c1. The number of fused-ring (bicyclic) bond motifs is 1. The van der Waals surface area contributed by atoms with E-state index in [1.54, 1.807) is 14.2 Å². The summed E-state index contributed by atoms with van der Waals surface area (Å²) in [5.41, 5.74) is 6.74. The van der Waals surface area contributed by atoms with Crippen molar-refractivity contribution in [2.24, 2.45) is 0 Å². The van der Waals surface area contributed by atoms with Crippen molar-refractivity contribution in [3.05, 3.63) is 66.6 Å². The second kappa shape index (κ2) is 9.65. The van der Waals surface area contributed by atoms with Gasteiger partial charge < -0.3 is 19.2 Å². The minimum Gasteiger partial charge on any atom is -0.497 e. The maximum Gasteiger partial charge on any atom is 0.119 e. The van der Waals surface area contributed by atoms with Crippen molar-refractivity contribution in [3.8, 4) is 33.8 Å². The zero-order valence-corrected chi connectivity index (χ0v) is 19.1. The molecule has 1 aliphatic rings. The lowest BCUT2D eigenvalue weighted by Crippen LogP contribution is -2.37. The zero-order valence-electron chi connectivity index (χ0n) is 19.1. The molecule has 0 aliphatic carbocycles. The minimum atomic E-state index is 0.809. The maximum atomic E-state index is 5.53. The Morgan fingerprint density at radius 3 is 2.52 bits per heavy atom. The van der Waals surface area contributed by atoms with E-state index in [9.17, 15) is 0 Å². The lowest BCUT2D eigenvalue weighted by molar-refractivity contribution is 0.0384. The summed E-state index contributed by atoms with van der Waals surface area (Å²) < 4.78 is 16.5. The van der Waals surface area contributed by atoms with Crippen molar-refractivity contribution in [2.45, 2.75) is 6.42 Å². The highest BCUT2D eigenvalue weighted by molar-refractivity contribution is 5.98. The van der Waals surface area contributed by atoms with Gasteiger partial charge in [0.15, 0.2) is 0 Å². The number of aromatic amines is 1. The Labute approximate surface area is 194 Å². The van der Waals surface area contributed by atoms with Crippen LogP contribution < -0.4 is 9.47 Å². The number of benzene rings is 2. The molecule has 0 saturated carbocycles. The van der Waals surface area contributed by atoms with Crippen molar-refractivity contribution < 1.29 is 14.2 Å². The first kappa shape index (κ1) is 21.5. The topological polar surface area (TPSA) is 59.6 Å². The van der Waals surface area contributed by atoms with Gasteiger partial charge in [-0.25, -0.2) is 0 Å². The number of aromatic nitrogens is 2. The molecular weight excluding hydrogens is 414 g/mol. The Morgan fingerprint density at radius 1 is 0.909 bits per heavy atom. The summed E-state index contributed by atoms with van der Waals surface area (Å²) in [5, 5.41) is 1.15. The fourth-order valence-corrected chi connectivity index (χ4v) is 4.50. The highest BCUT2D eigenvalue weighted by atomic mass is 16.5. The van der Waals surface area contributed by atoms with Gasteiger partial charge in [0.1, 0.15) is 11.5 Å². The molecule has 170 valence electrons. The molecule has 0 radical (unpaired) electrons. The van der Waals surface area contributed by atoms with Gasteiger partial charge in [0.2, 0.25) is 0 Å². The first-order chi connectivity index (χ1) is 16.2. The number of nitrogens with zero attached hydrogens (tertiary/aromatic N) is 2. The number of morpholine rings is 1. The molecule has 3 heterocycles. The molecule has 0 atom stereocenters. The summed E-state index contributed by atoms with van der Waals surface area (Å²) in [6, 6.07) is 16.5. The Bertz CT molecular complexity index is 1240. The van der Waals surface area contributed by atoms with E-state index < -0.39 is 0 Å². The van der Waals surface area contributed by atoms with Crippen LogP contribution in [0.15, 0.2) is 60.9 Å². The molecule has 5 rings (SSSR count). The first-order valence-electron chi connectivity index (χ1n) is 11.3. The molecule has 1 N–H and O–H groups in total. The fraction of sp³-hybridized carbons (Fsp3) is 0.296. The summed E-state index contributed by atoms with van der Waals surface area (Å²) in [4.78, 5) is 10.7. The van der Waals surface area contributed by atoms with E-state index in [1.165, 1.54) is 11.3 Å². The summed E-state index contributed by atoms with van der Waals surface area (Å²) >= 11 is 0. The van der Waals surface area contributed by atoms with Crippen LogP contribution in [0.2, 0.25) is 0 Å². The predicted octanol–water partition coefficient (Wildman–Crippen LogP) is 4.79. The summed E-state index contributed by atoms with van der Waals surface area (Å²) in [5.74, 6) is 1.68. The minimum absolute atomic E-state index is 0.809. The van der Waals surface area contributed by atoms with Crippen LogP contribution in [0.1, 0.15) is 5.69 Å². The second-order valence-electron chi connectivity index (χ2n) is 8.29. The van der Waals surface area contributed by atoms with Gasteiger partial charge in [0.05, 0.1) is 27.4 Å². The summed E-state index contributed by atoms with van der Waals surface area (Å²) in [6.07, 6.45) is 4.78. The van der Waals surface area contributed by atoms with Gasteiger partial charge in [-0.2, -0.15) is 0 Å². The van der Waals surface area contributed by atoms with Crippen LogP contribution in [0.5, 0.6) is 11.5 Å². The normalized spacial score (nSPS) is 14.5. The standard InChI is InChI=1S/C27H29N3O3/c1-31-22-5-3-4-19(15-22)20-14-21(18-28-17-20)27-24-16-23(32-2)6-7-25(24)29-26(27)8-9-30-10-12-33-13-11-30/h3-7,14-18,29H,8-13H2,1-2H3. The predicted molar refractivity (Wildman–Crippen MR) is 131 cm³/mol. The molecule has 33 heavy (non-hydrogen) atoms. The van der Waals surface area contributed by atoms with Crippen molar-refractivity contribution in [1.82, 2.24) is 14.9 Å². The molecule has 1 aliphatic heterocycles. The number of rotatable bonds is 7. The highest BCUT2D eigenvalue weighted by Crippen LogP contribution is 2.36. The van der Waals surface area contributed by atoms with Crippen LogP contribution in [0.25, 0.3) is 33.2 Å². The van der Waals surface area contributed by atoms with Gasteiger partial charge >= 0.3 is 0 Å². The van der Waals surface area contributed by atoms with Crippen molar-refractivity contribution >= 4 is 10.9 Å². The van der Waals surface area contributed by atoms with Crippen LogP contribution >= 0.6 is 0 Å². The number of H-pyrrole nitrogens is 1. The average Bonchev–Trinajstić information content (AvgIpc) is 3.25. The Balaban J connectivity index is 1.56. The third kappa shape index (κ3) is 4.58. The van der Waals surface area contributed by atoms with Gasteiger partial charge in [0.25, 0.3) is 0 Å². The van der Waals surface area contributed by atoms with Crippen molar-refractivity contribution in [3.63, 3.8) is 0 Å². The van der Waals surface area contributed by atoms with E-state index in [4.69, 9.17) is 14.2 Å². The molecule has 6 nitrogen and oxygen atoms in total. The van der Waals surface area contributed by atoms with E-state index in [0.29, 0.717) is 0 Å². The maximum absolute atomic E-state index is 5.53. The lowest BCUT2D eigenvalue weighted by atomic mass is 9.98. The molecule has 2 aromatic carbocycles. The quantitative estimate of drug-likeness (QED) is 0.445. The lowest BCUT2D eigenvalue weighted by Gasteiger charge is -2.26. The fourth-order valence-electron chi connectivity index (χ4n) is 4.50. The largest absolute Gasteiger partial charge is 0.497 e. The van der Waals surface area contributed by atoms with E-state index >= 15 is 0 Å². The molecule has 0 spiro atoms. The van der Waals surface area contributed by atoms with Crippen molar-refractivity contribution in [2.75, 3.05) is 47.1 Å². The van der Waals surface area contributed by atoms with E-state index in [-0.39, 0.29) is 0 Å². The van der Waals surface area contributed by atoms with E-state index in [0.717, 1.165) is 78.4 Å². The molecule has 1 fully saturated rings. The number of ether oxygens (including phenoxy) is 3. The average molecular weight is 444 g/mol. The molecule has 6 heteroatoms. The molecule has 4 aromatic rings. The van der Waals surface area contributed by atoms with E-state index in [1.807, 2.05) is 36.7 Å². The Morgan fingerprint density at radius 2 is 1.70 bits per heavy atom. The van der Waals surface area contributed by atoms with Gasteiger partial charge in [-0.1, -0.05) is 12.1 Å². The van der Waals surface area contributed by atoms with Crippen molar-refractivity contribution in [1.29, 1.82) is 0 Å². The molecular formula is C27H29N3O3. The molecule has 0 bridgehead atoms. The smallest absolute Gasteiger partial charge is 0.119 e. The molecule has 0 unspecified atom stereocenters.